The summed E-state index contributed by atoms with van der Waals surface area (Å²) in [5.41, 5.74) is 1.40. The second kappa shape index (κ2) is 12.8. The summed E-state index contributed by atoms with van der Waals surface area (Å²) in [7, 11) is 0. The lowest BCUT2D eigenvalue weighted by Crippen LogP contribution is -2.10. The Labute approximate surface area is 197 Å². The number of benzene rings is 2. The third kappa shape index (κ3) is 10.0. The van der Waals surface area contributed by atoms with E-state index in [0.717, 1.165) is 5.56 Å². The number of ether oxygens (including phenoxy) is 3. The zero-order valence-corrected chi connectivity index (χ0v) is 19.3. The van der Waals surface area contributed by atoms with E-state index < -0.39 is 17.9 Å². The number of hydrogen-bond acceptors (Lipinski definition) is 8. The Kier molecular flexibility index (Phi) is 9.89. The Bertz CT molecular complexity index is 1100. The minimum absolute atomic E-state index is 0.0251. The van der Waals surface area contributed by atoms with Crippen LogP contribution in [0, 0.1) is 0 Å². The summed E-state index contributed by atoms with van der Waals surface area (Å²) >= 11 is 0. The molecule has 0 aromatic heterocycles. The van der Waals surface area contributed by atoms with Gasteiger partial charge in [0.1, 0.15) is 28.8 Å². The zero-order valence-electron chi connectivity index (χ0n) is 19.3. The zero-order chi connectivity index (χ0) is 25.1. The molecular weight excluding hydrogens is 440 g/mol. The van der Waals surface area contributed by atoms with Gasteiger partial charge < -0.3 is 23.8 Å². The van der Waals surface area contributed by atoms with Crippen LogP contribution in [-0.4, -0.2) is 29.5 Å². The maximum absolute atomic E-state index is 12.0. The highest BCUT2D eigenvalue weighted by Gasteiger charge is 2.10. The van der Waals surface area contributed by atoms with Crippen molar-refractivity contribution in [1.29, 1.82) is 0 Å². The van der Waals surface area contributed by atoms with Crippen LogP contribution in [0.4, 0.5) is 0 Å². The fraction of sp³-hybridized carbons (Fsp3) is 0.269. The van der Waals surface area contributed by atoms with Crippen LogP contribution < -0.4 is 14.2 Å². The van der Waals surface area contributed by atoms with Crippen molar-refractivity contribution in [2.75, 3.05) is 0 Å². The molecule has 0 radical (unpaired) electrons. The summed E-state index contributed by atoms with van der Waals surface area (Å²) in [4.78, 5) is 57.1. The molecule has 0 saturated carbocycles. The molecule has 0 fully saturated rings. The van der Waals surface area contributed by atoms with Gasteiger partial charge in [0.2, 0.25) is 0 Å². The number of esters is 3. The van der Waals surface area contributed by atoms with Crippen molar-refractivity contribution in [2.24, 2.45) is 0 Å². The SMILES string of the molecule is CC(=O)CCC(=O)Oc1ccc(C=Cc2cc(OC(C)=O)cc(OC(=O)CCC(C)=O)c2)cc1. The first-order chi connectivity index (χ1) is 16.1. The van der Waals surface area contributed by atoms with Crippen LogP contribution in [0.3, 0.4) is 0 Å². The van der Waals surface area contributed by atoms with Crippen molar-refractivity contribution in [3.8, 4) is 17.2 Å². The Morgan fingerprint density at radius 2 is 1.06 bits per heavy atom. The number of hydrogen-bond donors (Lipinski definition) is 0. The van der Waals surface area contributed by atoms with E-state index >= 15 is 0 Å². The molecular formula is C26H26O8. The number of rotatable bonds is 11. The van der Waals surface area contributed by atoms with Gasteiger partial charge in [-0.2, -0.15) is 0 Å². The molecule has 2 rings (SSSR count). The summed E-state index contributed by atoms with van der Waals surface area (Å²) in [6.45, 7) is 4.07. The summed E-state index contributed by atoms with van der Waals surface area (Å²) in [6, 6.07) is 11.4. The van der Waals surface area contributed by atoms with Gasteiger partial charge in [-0.25, -0.2) is 0 Å². The van der Waals surface area contributed by atoms with Crippen molar-refractivity contribution in [1.82, 2.24) is 0 Å². The molecule has 34 heavy (non-hydrogen) atoms. The molecule has 0 bridgehead atoms. The topological polar surface area (TPSA) is 113 Å². The highest BCUT2D eigenvalue weighted by molar-refractivity contribution is 5.83. The third-order valence-corrected chi connectivity index (χ3v) is 4.34. The predicted octanol–water partition coefficient (Wildman–Crippen LogP) is 4.33. The number of carbonyl (C=O) groups excluding carboxylic acids is 5. The van der Waals surface area contributed by atoms with Gasteiger partial charge in [-0.3, -0.25) is 14.4 Å². The molecule has 0 aliphatic carbocycles. The van der Waals surface area contributed by atoms with Crippen molar-refractivity contribution < 1.29 is 38.2 Å². The van der Waals surface area contributed by atoms with Crippen LogP contribution in [0.5, 0.6) is 17.2 Å². The number of Topliss-reactive ketones (excluding diaryl/α,β-unsaturated/α-hetero) is 2. The number of carbonyl (C=O) groups is 5. The molecule has 0 N–H and O–H groups in total. The van der Waals surface area contributed by atoms with Crippen LogP contribution in [0.25, 0.3) is 12.2 Å². The quantitative estimate of drug-likeness (QED) is 0.273. The second-order valence-electron chi connectivity index (χ2n) is 7.59. The maximum Gasteiger partial charge on any atom is 0.311 e. The van der Waals surface area contributed by atoms with Crippen LogP contribution in [-0.2, 0) is 24.0 Å². The van der Waals surface area contributed by atoms with Crippen LogP contribution in [0.1, 0.15) is 57.6 Å². The van der Waals surface area contributed by atoms with Gasteiger partial charge in [0, 0.05) is 25.8 Å². The molecule has 0 saturated heterocycles. The van der Waals surface area contributed by atoms with E-state index in [-0.39, 0.29) is 48.7 Å². The van der Waals surface area contributed by atoms with Gasteiger partial charge in [-0.1, -0.05) is 24.3 Å². The molecule has 0 aliphatic rings. The van der Waals surface area contributed by atoms with E-state index in [4.69, 9.17) is 14.2 Å². The molecule has 178 valence electrons. The van der Waals surface area contributed by atoms with Crippen LogP contribution >= 0.6 is 0 Å². The smallest absolute Gasteiger partial charge is 0.311 e. The van der Waals surface area contributed by atoms with E-state index in [1.165, 1.54) is 26.8 Å². The summed E-state index contributed by atoms with van der Waals surface area (Å²) in [5.74, 6) is -1.03. The van der Waals surface area contributed by atoms with E-state index in [2.05, 4.69) is 0 Å². The Morgan fingerprint density at radius 3 is 1.56 bits per heavy atom. The van der Waals surface area contributed by atoms with Crippen LogP contribution in [0.2, 0.25) is 0 Å². The lowest BCUT2D eigenvalue weighted by Gasteiger charge is -2.08. The van der Waals surface area contributed by atoms with Crippen molar-refractivity contribution in [3.05, 3.63) is 53.6 Å². The summed E-state index contributed by atoms with van der Waals surface area (Å²) in [6.07, 6.45) is 3.70. The molecule has 2 aromatic carbocycles. The van der Waals surface area contributed by atoms with Crippen molar-refractivity contribution in [3.63, 3.8) is 0 Å². The third-order valence-electron chi connectivity index (χ3n) is 4.34. The van der Waals surface area contributed by atoms with Crippen molar-refractivity contribution in [2.45, 2.75) is 46.5 Å². The highest BCUT2D eigenvalue weighted by atomic mass is 16.5. The average Bonchev–Trinajstić information content (AvgIpc) is 2.75. The maximum atomic E-state index is 12.0. The monoisotopic (exact) mass is 466 g/mol. The lowest BCUT2D eigenvalue weighted by molar-refractivity contribution is -0.136. The Balaban J connectivity index is 2.11. The molecule has 2 aromatic rings. The van der Waals surface area contributed by atoms with Gasteiger partial charge in [-0.05, 0) is 49.2 Å². The molecule has 0 unspecified atom stereocenters. The molecule has 0 amide bonds. The highest BCUT2D eigenvalue weighted by Crippen LogP contribution is 2.25. The second-order valence-corrected chi connectivity index (χ2v) is 7.59. The van der Waals surface area contributed by atoms with E-state index in [1.807, 2.05) is 0 Å². The fourth-order valence-electron chi connectivity index (χ4n) is 2.73. The molecule has 8 nitrogen and oxygen atoms in total. The van der Waals surface area contributed by atoms with Gasteiger partial charge in [0.05, 0.1) is 12.8 Å². The molecule has 0 spiro atoms. The minimum Gasteiger partial charge on any atom is -0.427 e. The predicted molar refractivity (Wildman–Crippen MR) is 124 cm³/mol. The first-order valence-electron chi connectivity index (χ1n) is 10.6. The minimum atomic E-state index is -0.571. The fourth-order valence-corrected chi connectivity index (χ4v) is 2.73. The first-order valence-corrected chi connectivity index (χ1v) is 10.6. The molecule has 0 aliphatic heterocycles. The van der Waals surface area contributed by atoms with Gasteiger partial charge in [0.25, 0.3) is 0 Å². The van der Waals surface area contributed by atoms with Gasteiger partial charge >= 0.3 is 17.9 Å². The molecule has 0 heterocycles. The van der Waals surface area contributed by atoms with Gasteiger partial charge in [0.15, 0.2) is 0 Å². The van der Waals surface area contributed by atoms with Crippen molar-refractivity contribution >= 4 is 41.6 Å². The Hall–Kier alpha value is -4.07. The van der Waals surface area contributed by atoms with Crippen LogP contribution in [0.15, 0.2) is 42.5 Å². The lowest BCUT2D eigenvalue weighted by atomic mass is 10.1. The normalized spacial score (nSPS) is 10.6. The Morgan fingerprint density at radius 1 is 0.588 bits per heavy atom. The van der Waals surface area contributed by atoms with Gasteiger partial charge in [-0.15, -0.1) is 0 Å². The first kappa shape index (κ1) is 26.2. The summed E-state index contributed by atoms with van der Waals surface area (Å²) < 4.78 is 15.6. The van der Waals surface area contributed by atoms with E-state index in [1.54, 1.807) is 48.6 Å². The standard InChI is InChI=1S/C26H26O8/c1-17(27)4-12-25(30)33-22-10-8-20(9-11-22)6-7-21-14-23(32-19(3)29)16-24(15-21)34-26(31)13-5-18(2)28/h6-11,14-16H,4-5,12-13H2,1-3H3. The molecule has 8 heteroatoms. The number of ketones is 2. The largest absolute Gasteiger partial charge is 0.427 e. The van der Waals surface area contributed by atoms with E-state index in [0.29, 0.717) is 11.3 Å². The summed E-state index contributed by atoms with van der Waals surface area (Å²) in [5, 5.41) is 0. The van der Waals surface area contributed by atoms with E-state index in [9.17, 15) is 24.0 Å². The average molecular weight is 466 g/mol. The molecule has 0 atom stereocenters.